The van der Waals surface area contributed by atoms with Gasteiger partial charge in [0, 0.05) is 61.5 Å². The average molecular weight is 1280 g/mol. The summed E-state index contributed by atoms with van der Waals surface area (Å²) < 4.78 is 32.4. The molecular formula is C70H82N8O15. The summed E-state index contributed by atoms with van der Waals surface area (Å²) in [5.74, 6) is 0.282. The zero-order valence-electron chi connectivity index (χ0n) is 51.9. The Morgan fingerprint density at radius 1 is 0.538 bits per heavy atom. The minimum atomic E-state index is -1.50. The van der Waals surface area contributed by atoms with Gasteiger partial charge in [0.2, 0.25) is 17.1 Å². The largest absolute Gasteiger partial charge is 0.497 e. The number of carboxylic acids is 1. The van der Waals surface area contributed by atoms with E-state index in [4.69, 9.17) is 33.5 Å². The number of likely N-dealkylation sites (tertiary alicyclic amines) is 1. The summed E-state index contributed by atoms with van der Waals surface area (Å²) in [6.07, 6.45) is 3.24. The number of ether oxygens (including phenoxy) is 6. The van der Waals surface area contributed by atoms with Crippen molar-refractivity contribution in [2.75, 3.05) is 66.3 Å². The molecule has 0 saturated carbocycles. The molecule has 4 fully saturated rings. The van der Waals surface area contributed by atoms with Gasteiger partial charge in [-0.15, -0.1) is 0 Å². The summed E-state index contributed by atoms with van der Waals surface area (Å²) in [4.78, 5) is 103. The van der Waals surface area contributed by atoms with Gasteiger partial charge in [0.15, 0.2) is 0 Å². The maximum Gasteiger partial charge on any atom is 0.418 e. The molecule has 2 unspecified atom stereocenters. The third-order valence-corrected chi connectivity index (χ3v) is 18.1. The molecule has 6 aliphatic rings. The van der Waals surface area contributed by atoms with Crippen LogP contribution in [0.15, 0.2) is 133 Å². The number of hydrogen-bond donors (Lipinski definition) is 6. The first kappa shape index (κ1) is 68.7. The van der Waals surface area contributed by atoms with E-state index in [1.807, 2.05) is 84.6 Å². The quantitative estimate of drug-likeness (QED) is 0.0591. The summed E-state index contributed by atoms with van der Waals surface area (Å²) in [5, 5.41) is 22.9. The number of carbonyl (C=O) groups is 8. The van der Waals surface area contributed by atoms with Gasteiger partial charge in [-0.3, -0.25) is 19.2 Å². The van der Waals surface area contributed by atoms with Crippen LogP contribution in [0.3, 0.4) is 0 Å². The first-order valence-electron chi connectivity index (χ1n) is 30.0. The Balaban J connectivity index is 0.000000195. The van der Waals surface area contributed by atoms with Crippen LogP contribution >= 0.6 is 0 Å². The Hall–Kier alpha value is -10.2. The van der Waals surface area contributed by atoms with Crippen LogP contribution in [0.1, 0.15) is 112 Å². The number of imide groups is 2. The molecule has 4 aliphatic heterocycles. The molecule has 6 N–H and O–H groups in total. The lowest BCUT2D eigenvalue weighted by molar-refractivity contribution is -0.144. The number of methoxy groups -OCH3 is 4. The lowest BCUT2D eigenvalue weighted by Crippen LogP contribution is -2.53. The molecule has 4 heterocycles. The Kier molecular flexibility index (Phi) is 20.8. The highest BCUT2D eigenvalue weighted by molar-refractivity contribution is 6.07. The van der Waals surface area contributed by atoms with E-state index in [1.54, 1.807) is 64.8 Å². The van der Waals surface area contributed by atoms with Gasteiger partial charge in [-0.1, -0.05) is 75.5 Å². The number of nitrogens with one attached hydrogen (secondary N) is 5. The topological polar surface area (TPSA) is 282 Å². The molecular weight excluding hydrogens is 1190 g/mol. The lowest BCUT2D eigenvalue weighted by Gasteiger charge is -2.42. The number of benzene rings is 6. The van der Waals surface area contributed by atoms with E-state index in [0.717, 1.165) is 51.5 Å². The number of urea groups is 2. The van der Waals surface area contributed by atoms with Crippen molar-refractivity contribution in [3.05, 3.63) is 178 Å². The smallest absolute Gasteiger partial charge is 0.418 e. The van der Waals surface area contributed by atoms with Crippen molar-refractivity contribution >= 4 is 59.3 Å². The fourth-order valence-electron chi connectivity index (χ4n) is 13.5. The molecule has 6 aromatic carbocycles. The van der Waals surface area contributed by atoms with Gasteiger partial charge in [-0.25, -0.2) is 29.0 Å². The molecule has 12 rings (SSSR count). The van der Waals surface area contributed by atoms with E-state index in [-0.39, 0.29) is 57.2 Å². The number of amides is 9. The fraction of sp³-hybridized carbons (Fsp3) is 0.371. The summed E-state index contributed by atoms with van der Waals surface area (Å²) in [7, 11) is 9.61. The van der Waals surface area contributed by atoms with Crippen LogP contribution in [0.4, 0.5) is 30.6 Å². The number of rotatable bonds is 14. The molecule has 0 bridgehead atoms. The predicted molar refractivity (Wildman–Crippen MR) is 347 cm³/mol. The lowest BCUT2D eigenvalue weighted by atomic mass is 9.80. The van der Waals surface area contributed by atoms with Crippen molar-refractivity contribution in [3.63, 3.8) is 0 Å². The average Bonchev–Trinajstić information content (AvgIpc) is 1.63. The monoisotopic (exact) mass is 1270 g/mol. The number of fused-ring (bicyclic) bond motifs is 4. The minimum Gasteiger partial charge on any atom is -0.497 e. The SMILES string of the molecule is C.C.CNC(=O)Nc1ccc2c(c1)CC[C@@]21OC(=O)N(CC(=O)N2C(C)CCC2(c2ccc(OC)cc2)c2ccc(OC)cc2)C1=O.CNC(=O)Nc1ccc2c(c1)CC[C@@]21OC(=O)N(CC(=O)O)C1=O.COc1ccc(C2(c3ccc(OC)cc3)CCC(C)N2)cc1. The molecule has 4 atom stereocenters. The molecule has 23 heteroatoms. The number of nitrogens with zero attached hydrogens (tertiary/aromatic N) is 3. The van der Waals surface area contributed by atoms with Crippen LogP contribution in [0, 0.1) is 0 Å². The fourth-order valence-corrected chi connectivity index (χ4v) is 13.5. The number of anilines is 2. The Labute approximate surface area is 541 Å². The zero-order chi connectivity index (χ0) is 65.0. The normalized spacial score (nSPS) is 20.7. The van der Waals surface area contributed by atoms with Crippen molar-refractivity contribution in [3.8, 4) is 23.0 Å². The number of aliphatic carboxylic acids is 1. The Morgan fingerprint density at radius 2 is 0.925 bits per heavy atom. The number of carboxylic acid groups (broad SMARTS) is 1. The summed E-state index contributed by atoms with van der Waals surface area (Å²) >= 11 is 0. The molecule has 0 aromatic heterocycles. The third-order valence-electron chi connectivity index (χ3n) is 18.1. The number of aryl methyl sites for hydroxylation is 2. The van der Waals surface area contributed by atoms with E-state index >= 15 is 0 Å². The summed E-state index contributed by atoms with van der Waals surface area (Å²) in [6, 6.07) is 41.7. The number of carbonyl (C=O) groups excluding carboxylic acids is 7. The van der Waals surface area contributed by atoms with Crippen LogP contribution in [0.25, 0.3) is 0 Å². The first-order valence-corrected chi connectivity index (χ1v) is 30.0. The Bertz CT molecular complexity index is 3680. The molecule has 2 aliphatic carbocycles. The van der Waals surface area contributed by atoms with Gasteiger partial charge >= 0.3 is 30.2 Å². The van der Waals surface area contributed by atoms with Crippen molar-refractivity contribution in [1.82, 2.24) is 30.7 Å². The van der Waals surface area contributed by atoms with Gasteiger partial charge in [0.05, 0.1) is 39.5 Å². The maximum atomic E-state index is 14.4. The van der Waals surface area contributed by atoms with Crippen LogP contribution < -0.4 is 45.5 Å². The second kappa shape index (κ2) is 28.1. The van der Waals surface area contributed by atoms with Crippen LogP contribution in [0.5, 0.6) is 23.0 Å². The summed E-state index contributed by atoms with van der Waals surface area (Å²) in [5.41, 5.74) is 4.16. The zero-order valence-corrected chi connectivity index (χ0v) is 51.9. The van der Waals surface area contributed by atoms with Gasteiger partial charge in [0.1, 0.15) is 36.1 Å². The highest BCUT2D eigenvalue weighted by Crippen LogP contribution is 2.51. The molecule has 2 spiro atoms. The van der Waals surface area contributed by atoms with Crippen molar-refractivity contribution < 1.29 is 71.9 Å². The van der Waals surface area contributed by atoms with Crippen molar-refractivity contribution in [1.29, 1.82) is 0 Å². The van der Waals surface area contributed by atoms with E-state index in [9.17, 15) is 38.4 Å². The Morgan fingerprint density at radius 3 is 1.28 bits per heavy atom. The van der Waals surface area contributed by atoms with E-state index in [1.165, 1.54) is 25.2 Å². The standard InChI is InChI=1S/C34H36N4O7.C19H23NO2.C15H15N3O6.2CH4/c1-21-15-17-33(23-5-10-26(43-3)11-6-23,24-7-12-27(44-4)13-8-24)38(21)29(39)20-37-30(40)34(45-32(37)42)18-16-22-19-25(9-14-28(22)34)36-31(41)35-2;1-14-12-13-19(20-14,15-4-8-17(21-2)9-5-15)16-6-10-18(22-3)11-7-16;1-16-13(22)17-9-2-3-10-8(6-9)4-5-15(10)12(21)18(7-11(19)20)14(23)24-15;;/h5-14,19,21H,15-18,20H2,1-4H3,(H2,35,36,41);4-11,14,20H,12-13H2,1-3H3;2-3,6H,4-5,7H2,1H3,(H,19,20)(H2,16,17,22);2*1H4/t21?,34-;;15-;;/m1.1../s1. The van der Waals surface area contributed by atoms with Gasteiger partial charge in [-0.2, -0.15) is 0 Å². The molecule has 9 amide bonds. The van der Waals surface area contributed by atoms with Crippen LogP contribution in [-0.2, 0) is 63.8 Å². The van der Waals surface area contributed by atoms with Gasteiger partial charge < -0.3 is 65.0 Å². The maximum absolute atomic E-state index is 14.4. The van der Waals surface area contributed by atoms with Crippen molar-refractivity contribution in [2.45, 2.75) is 114 Å². The van der Waals surface area contributed by atoms with Gasteiger partial charge in [0.25, 0.3) is 11.8 Å². The molecule has 23 nitrogen and oxygen atoms in total. The van der Waals surface area contributed by atoms with E-state index < -0.39 is 59.8 Å². The highest BCUT2D eigenvalue weighted by atomic mass is 16.6. The third kappa shape index (κ3) is 12.9. The van der Waals surface area contributed by atoms with Gasteiger partial charge in [-0.05, 0) is 159 Å². The van der Waals surface area contributed by atoms with Crippen LogP contribution in [0.2, 0.25) is 0 Å². The first-order chi connectivity index (χ1) is 43.7. The predicted octanol–water partition coefficient (Wildman–Crippen LogP) is 10.2. The molecule has 93 heavy (non-hydrogen) atoms. The minimum absolute atomic E-state index is 0. The van der Waals surface area contributed by atoms with E-state index in [2.05, 4.69) is 57.8 Å². The molecule has 0 radical (unpaired) electrons. The molecule has 4 saturated heterocycles. The number of hydrogen-bond acceptors (Lipinski definition) is 15. The second-order valence-electron chi connectivity index (χ2n) is 23.1. The molecule has 6 aromatic rings. The van der Waals surface area contributed by atoms with E-state index in [0.29, 0.717) is 70.6 Å². The van der Waals surface area contributed by atoms with Crippen LogP contribution in [-0.4, -0.2) is 135 Å². The van der Waals surface area contributed by atoms with Crippen molar-refractivity contribution in [2.24, 2.45) is 0 Å². The highest BCUT2D eigenvalue weighted by Gasteiger charge is 2.61. The second-order valence-corrected chi connectivity index (χ2v) is 23.1. The molecule has 492 valence electrons. The summed E-state index contributed by atoms with van der Waals surface area (Å²) in [6.45, 7) is 3.04.